The third-order valence-electron chi connectivity index (χ3n) is 5.14. The number of hydrogen-bond acceptors (Lipinski definition) is 2. The lowest BCUT2D eigenvalue weighted by Crippen LogP contribution is -2.15. The van der Waals surface area contributed by atoms with E-state index in [1.54, 1.807) is 30.6 Å². The molecule has 132 valence electrons. The first kappa shape index (κ1) is 16.7. The van der Waals surface area contributed by atoms with Crippen LogP contribution in [0.3, 0.4) is 0 Å². The van der Waals surface area contributed by atoms with Crippen molar-refractivity contribution in [2.75, 3.05) is 5.32 Å². The number of nitrogens with zero attached hydrogens (tertiary/aromatic N) is 1. The molecule has 1 N–H and O–H groups in total. The van der Waals surface area contributed by atoms with Crippen molar-refractivity contribution in [1.82, 2.24) is 4.98 Å². The molecule has 1 aliphatic carbocycles. The van der Waals surface area contributed by atoms with Gasteiger partial charge in [0.1, 0.15) is 0 Å². The number of hydrogen-bond donors (Lipinski definition) is 1. The quantitative estimate of drug-likeness (QED) is 0.700. The number of amides is 1. The van der Waals surface area contributed by atoms with E-state index in [4.69, 9.17) is 0 Å². The van der Waals surface area contributed by atoms with Gasteiger partial charge in [-0.1, -0.05) is 44.2 Å². The summed E-state index contributed by atoms with van der Waals surface area (Å²) in [7, 11) is 0. The Labute approximate surface area is 152 Å². The molecule has 0 radical (unpaired) electrons. The van der Waals surface area contributed by atoms with Gasteiger partial charge < -0.3 is 5.32 Å². The average Bonchev–Trinajstić information content (AvgIpc) is 3.45. The SMILES string of the molecule is CC(C)c1cccc([C@@H]2C[C@H]2C(=O)Nc2ccc3cnccc3c2F)c1. The number of halogens is 1. The van der Waals surface area contributed by atoms with E-state index in [9.17, 15) is 9.18 Å². The molecule has 2 atom stereocenters. The highest BCUT2D eigenvalue weighted by Gasteiger charge is 2.44. The van der Waals surface area contributed by atoms with Crippen molar-refractivity contribution in [2.45, 2.75) is 32.1 Å². The summed E-state index contributed by atoms with van der Waals surface area (Å²) in [6.07, 6.45) is 3.98. The third-order valence-corrected chi connectivity index (χ3v) is 5.14. The van der Waals surface area contributed by atoms with Crippen LogP contribution in [0.15, 0.2) is 54.9 Å². The van der Waals surface area contributed by atoms with Crippen molar-refractivity contribution in [1.29, 1.82) is 0 Å². The summed E-state index contributed by atoms with van der Waals surface area (Å²) in [4.78, 5) is 16.6. The fourth-order valence-corrected chi connectivity index (χ4v) is 3.45. The molecule has 3 nitrogen and oxygen atoms in total. The van der Waals surface area contributed by atoms with Crippen LogP contribution < -0.4 is 5.32 Å². The second kappa shape index (κ2) is 6.52. The summed E-state index contributed by atoms with van der Waals surface area (Å²) in [5.74, 6) is 0.0723. The maximum absolute atomic E-state index is 14.6. The first-order valence-corrected chi connectivity index (χ1v) is 8.97. The molecule has 1 aliphatic rings. The Morgan fingerprint density at radius 1 is 1.23 bits per heavy atom. The van der Waals surface area contributed by atoms with E-state index in [1.165, 1.54) is 11.1 Å². The van der Waals surface area contributed by atoms with Crippen LogP contribution in [-0.2, 0) is 4.79 Å². The number of pyridine rings is 1. The van der Waals surface area contributed by atoms with Crippen LogP contribution in [-0.4, -0.2) is 10.9 Å². The Morgan fingerprint density at radius 3 is 2.88 bits per heavy atom. The lowest BCUT2D eigenvalue weighted by atomic mass is 9.98. The summed E-state index contributed by atoms with van der Waals surface area (Å²) in [6.45, 7) is 4.32. The van der Waals surface area contributed by atoms with E-state index < -0.39 is 5.82 Å². The van der Waals surface area contributed by atoms with Gasteiger partial charge in [-0.15, -0.1) is 0 Å². The predicted molar refractivity (Wildman–Crippen MR) is 102 cm³/mol. The summed E-state index contributed by atoms with van der Waals surface area (Å²) < 4.78 is 14.6. The zero-order chi connectivity index (χ0) is 18.3. The zero-order valence-corrected chi connectivity index (χ0v) is 14.9. The number of rotatable bonds is 4. The molecule has 4 heteroatoms. The molecule has 26 heavy (non-hydrogen) atoms. The molecule has 1 fully saturated rings. The molecule has 1 heterocycles. The Kier molecular flexibility index (Phi) is 4.19. The smallest absolute Gasteiger partial charge is 0.228 e. The molecule has 3 aromatic rings. The maximum Gasteiger partial charge on any atom is 0.228 e. The van der Waals surface area contributed by atoms with Gasteiger partial charge in [-0.05, 0) is 41.5 Å². The van der Waals surface area contributed by atoms with E-state index >= 15 is 0 Å². The molecule has 0 aliphatic heterocycles. The highest BCUT2D eigenvalue weighted by Crippen LogP contribution is 2.48. The van der Waals surface area contributed by atoms with Gasteiger partial charge in [0, 0.05) is 29.1 Å². The normalized spacial score (nSPS) is 18.9. The first-order valence-electron chi connectivity index (χ1n) is 8.97. The summed E-state index contributed by atoms with van der Waals surface area (Å²) in [6, 6.07) is 13.4. The minimum atomic E-state index is -0.405. The van der Waals surface area contributed by atoms with Gasteiger partial charge in [0.25, 0.3) is 0 Å². The standard InChI is InChI=1S/C22H21FN2O/c1-13(2)14-4-3-5-15(10-14)18-11-19(18)22(26)25-20-7-6-16-12-24-9-8-17(16)21(20)23/h3-10,12-13,18-19H,11H2,1-2H3,(H,25,26)/t18-,19+/m0/s1. The lowest BCUT2D eigenvalue weighted by Gasteiger charge is -2.10. The predicted octanol–water partition coefficient (Wildman–Crippen LogP) is 5.24. The molecular weight excluding hydrogens is 327 g/mol. The Hall–Kier alpha value is -2.75. The molecule has 1 saturated carbocycles. The van der Waals surface area contributed by atoms with Gasteiger partial charge in [-0.2, -0.15) is 0 Å². The number of benzene rings is 2. The highest BCUT2D eigenvalue weighted by molar-refractivity contribution is 5.97. The molecular formula is C22H21FN2O. The molecule has 0 unspecified atom stereocenters. The summed E-state index contributed by atoms with van der Waals surface area (Å²) in [5.41, 5.74) is 2.71. The number of carbonyl (C=O) groups is 1. The Morgan fingerprint density at radius 2 is 2.08 bits per heavy atom. The fraction of sp³-hybridized carbons (Fsp3) is 0.273. The van der Waals surface area contributed by atoms with E-state index in [0.29, 0.717) is 11.3 Å². The minimum absolute atomic E-state index is 0.0926. The van der Waals surface area contributed by atoms with Gasteiger partial charge in [0.15, 0.2) is 5.82 Å². The van der Waals surface area contributed by atoms with Crippen LogP contribution in [0.1, 0.15) is 43.2 Å². The van der Waals surface area contributed by atoms with Crippen molar-refractivity contribution in [3.05, 3.63) is 71.8 Å². The van der Waals surface area contributed by atoms with Crippen LogP contribution in [0.25, 0.3) is 10.8 Å². The molecule has 1 aromatic heterocycles. The third kappa shape index (κ3) is 3.07. The van der Waals surface area contributed by atoms with E-state index in [1.807, 2.05) is 0 Å². The largest absolute Gasteiger partial charge is 0.323 e. The number of nitrogens with one attached hydrogen (secondary N) is 1. The van der Waals surface area contributed by atoms with E-state index in [-0.39, 0.29) is 23.4 Å². The Bertz CT molecular complexity index is 983. The number of fused-ring (bicyclic) bond motifs is 1. The second-order valence-corrected chi connectivity index (χ2v) is 7.29. The number of aromatic nitrogens is 1. The highest BCUT2D eigenvalue weighted by atomic mass is 19.1. The summed E-state index contributed by atoms with van der Waals surface area (Å²) in [5, 5.41) is 3.95. The van der Waals surface area contributed by atoms with E-state index in [0.717, 1.165) is 11.8 Å². The topological polar surface area (TPSA) is 42.0 Å². The van der Waals surface area contributed by atoms with Crippen molar-refractivity contribution < 1.29 is 9.18 Å². The molecule has 0 bridgehead atoms. The van der Waals surface area contributed by atoms with Crippen molar-refractivity contribution in [2.24, 2.45) is 5.92 Å². The van der Waals surface area contributed by atoms with Crippen LogP contribution in [0.2, 0.25) is 0 Å². The van der Waals surface area contributed by atoms with Crippen LogP contribution >= 0.6 is 0 Å². The zero-order valence-electron chi connectivity index (χ0n) is 14.9. The number of anilines is 1. The minimum Gasteiger partial charge on any atom is -0.323 e. The average molecular weight is 348 g/mol. The van der Waals surface area contributed by atoms with Gasteiger partial charge >= 0.3 is 0 Å². The van der Waals surface area contributed by atoms with Crippen molar-refractivity contribution >= 4 is 22.4 Å². The Balaban J connectivity index is 1.50. The van der Waals surface area contributed by atoms with Crippen molar-refractivity contribution in [3.63, 3.8) is 0 Å². The van der Waals surface area contributed by atoms with Crippen LogP contribution in [0, 0.1) is 11.7 Å². The van der Waals surface area contributed by atoms with E-state index in [2.05, 4.69) is 48.4 Å². The lowest BCUT2D eigenvalue weighted by molar-refractivity contribution is -0.117. The molecule has 4 rings (SSSR count). The van der Waals surface area contributed by atoms with Gasteiger partial charge in [0.05, 0.1) is 5.69 Å². The molecule has 2 aromatic carbocycles. The maximum atomic E-state index is 14.6. The van der Waals surface area contributed by atoms with Gasteiger partial charge in [-0.25, -0.2) is 4.39 Å². The number of carbonyl (C=O) groups excluding carboxylic acids is 1. The van der Waals surface area contributed by atoms with Gasteiger partial charge in [-0.3, -0.25) is 9.78 Å². The molecule has 0 spiro atoms. The fourth-order valence-electron chi connectivity index (χ4n) is 3.45. The van der Waals surface area contributed by atoms with Crippen LogP contribution in [0.4, 0.5) is 10.1 Å². The van der Waals surface area contributed by atoms with Crippen molar-refractivity contribution in [3.8, 4) is 0 Å². The van der Waals surface area contributed by atoms with Crippen LogP contribution in [0.5, 0.6) is 0 Å². The van der Waals surface area contributed by atoms with Gasteiger partial charge in [0.2, 0.25) is 5.91 Å². The molecule has 0 saturated heterocycles. The molecule has 1 amide bonds. The first-order chi connectivity index (χ1) is 12.5. The summed E-state index contributed by atoms with van der Waals surface area (Å²) >= 11 is 0. The monoisotopic (exact) mass is 348 g/mol. The second-order valence-electron chi connectivity index (χ2n) is 7.29.